The van der Waals surface area contributed by atoms with Gasteiger partial charge < -0.3 is 20.5 Å². The number of nitrogens with one attached hydrogen (secondary N) is 2. The summed E-state index contributed by atoms with van der Waals surface area (Å²) in [5.41, 5.74) is 0.0596. The van der Waals surface area contributed by atoms with Crippen LogP contribution in [0.5, 0.6) is 5.75 Å². The average molecular weight is 364 g/mol. The number of esters is 1. The third-order valence-corrected chi connectivity index (χ3v) is 3.63. The van der Waals surface area contributed by atoms with Crippen LogP contribution < -0.4 is 15.4 Å². The van der Waals surface area contributed by atoms with E-state index in [-0.39, 0.29) is 11.8 Å². The minimum absolute atomic E-state index is 0.0596. The minimum atomic E-state index is -1.09. The fourth-order valence-electron chi connectivity index (χ4n) is 2.12. The smallest absolute Gasteiger partial charge is 0.333 e. The molecule has 1 aromatic rings. The topological polar surface area (TPSA) is 105 Å². The Bertz CT molecular complexity index is 610. The lowest BCUT2D eigenvalue weighted by Gasteiger charge is -2.22. The molecule has 0 saturated heterocycles. The molecule has 0 radical (unpaired) electrons. The Morgan fingerprint density at radius 2 is 1.77 bits per heavy atom. The van der Waals surface area contributed by atoms with Crippen molar-refractivity contribution in [3.8, 4) is 5.75 Å². The van der Waals surface area contributed by atoms with Gasteiger partial charge in [-0.05, 0) is 37.4 Å². The van der Waals surface area contributed by atoms with Crippen molar-refractivity contribution in [2.75, 3.05) is 6.54 Å². The van der Waals surface area contributed by atoms with Crippen molar-refractivity contribution in [3.05, 3.63) is 30.3 Å². The molecule has 2 atom stereocenters. The Hall–Kier alpha value is -2.41. The summed E-state index contributed by atoms with van der Waals surface area (Å²) in [5, 5.41) is 14.5. The van der Waals surface area contributed by atoms with Gasteiger partial charge in [0.05, 0.1) is 12.5 Å². The van der Waals surface area contributed by atoms with E-state index in [9.17, 15) is 14.4 Å². The van der Waals surface area contributed by atoms with Crippen molar-refractivity contribution in [2.45, 2.75) is 52.6 Å². The molecular weight excluding hydrogens is 336 g/mol. The van der Waals surface area contributed by atoms with Crippen LogP contribution in [0.4, 0.5) is 0 Å². The highest BCUT2D eigenvalue weighted by Gasteiger charge is 2.26. The Labute approximate surface area is 154 Å². The number of ether oxygens (including phenoxy) is 1. The largest absolute Gasteiger partial charge is 0.481 e. The second-order valence-electron chi connectivity index (χ2n) is 7.38. The monoisotopic (exact) mass is 364 g/mol. The van der Waals surface area contributed by atoms with Gasteiger partial charge in [-0.1, -0.05) is 39.0 Å². The lowest BCUT2D eigenvalue weighted by atomic mass is 9.92. The highest BCUT2D eigenvalue weighted by molar-refractivity contribution is 5.90. The first-order valence-electron chi connectivity index (χ1n) is 8.61. The van der Waals surface area contributed by atoms with Gasteiger partial charge in [-0.2, -0.15) is 0 Å². The van der Waals surface area contributed by atoms with Crippen LogP contribution in [0, 0.1) is 5.41 Å². The third-order valence-electron chi connectivity index (χ3n) is 3.63. The summed E-state index contributed by atoms with van der Waals surface area (Å²) in [4.78, 5) is 35.4. The lowest BCUT2D eigenvalue weighted by Crippen LogP contribution is -2.51. The molecule has 0 saturated carbocycles. The first-order valence-corrected chi connectivity index (χ1v) is 8.61. The molecule has 3 N–H and O–H groups in total. The van der Waals surface area contributed by atoms with Crippen LogP contribution in [0.2, 0.25) is 0 Å². The molecule has 1 rings (SSSR count). The lowest BCUT2D eigenvalue weighted by molar-refractivity contribution is -0.141. The number of carboxylic acids is 1. The maximum Gasteiger partial charge on any atom is 0.333 e. The van der Waals surface area contributed by atoms with Gasteiger partial charge in [0.15, 0.2) is 0 Å². The molecule has 0 aliphatic rings. The van der Waals surface area contributed by atoms with Crippen molar-refractivity contribution in [2.24, 2.45) is 5.41 Å². The van der Waals surface area contributed by atoms with Gasteiger partial charge >= 0.3 is 11.9 Å². The maximum atomic E-state index is 12.4. The Kier molecular flexibility index (Phi) is 8.25. The van der Waals surface area contributed by atoms with Crippen LogP contribution in [0.25, 0.3) is 0 Å². The van der Waals surface area contributed by atoms with E-state index in [1.54, 1.807) is 30.3 Å². The zero-order valence-corrected chi connectivity index (χ0v) is 15.7. The highest BCUT2D eigenvalue weighted by atomic mass is 16.5. The summed E-state index contributed by atoms with van der Waals surface area (Å²) in [7, 11) is 0. The number of carbonyl (C=O) groups excluding carboxylic acids is 2. The van der Waals surface area contributed by atoms with E-state index >= 15 is 0 Å². The fraction of sp³-hybridized carbons (Fsp3) is 0.526. The van der Waals surface area contributed by atoms with E-state index in [4.69, 9.17) is 9.84 Å². The third kappa shape index (κ3) is 8.62. The van der Waals surface area contributed by atoms with Crippen molar-refractivity contribution < 1.29 is 24.2 Å². The Balaban J connectivity index is 2.60. The number of amides is 1. The summed E-state index contributed by atoms with van der Waals surface area (Å²) in [6, 6.07) is 6.70. The molecule has 1 amide bonds. The standard InChI is InChI=1S/C19H28N2O5/c1-13(18(25)26-14-8-6-5-7-9-14)21-17(24)15(12-16(22)23)20-11-10-19(2,3)4/h5-9,13,15,20H,10-12H2,1-4H3,(H,21,24)(H,22,23)/t13-,15-/m0/s1. The number of benzene rings is 1. The van der Waals surface area contributed by atoms with Crippen LogP contribution in [-0.4, -0.2) is 41.6 Å². The molecule has 0 heterocycles. The number of para-hydroxylation sites is 1. The predicted octanol–water partition coefficient (Wildman–Crippen LogP) is 1.97. The molecule has 0 bridgehead atoms. The SMILES string of the molecule is C[C@H](NC(=O)[C@H](CC(=O)O)NCCC(C)(C)C)C(=O)Oc1ccccc1. The van der Waals surface area contributed by atoms with E-state index < -0.39 is 29.9 Å². The molecule has 26 heavy (non-hydrogen) atoms. The number of hydrogen-bond acceptors (Lipinski definition) is 5. The van der Waals surface area contributed by atoms with E-state index in [1.165, 1.54) is 6.92 Å². The second kappa shape index (κ2) is 9.91. The van der Waals surface area contributed by atoms with Gasteiger partial charge in [0.2, 0.25) is 5.91 Å². The number of rotatable bonds is 9. The molecule has 0 unspecified atom stereocenters. The molecule has 0 aliphatic heterocycles. The van der Waals surface area contributed by atoms with Crippen molar-refractivity contribution >= 4 is 17.8 Å². The molecule has 0 aliphatic carbocycles. The van der Waals surface area contributed by atoms with Crippen LogP contribution in [0.15, 0.2) is 30.3 Å². The van der Waals surface area contributed by atoms with Gasteiger partial charge in [0, 0.05) is 0 Å². The van der Waals surface area contributed by atoms with Gasteiger partial charge in [-0.25, -0.2) is 4.79 Å². The van der Waals surface area contributed by atoms with Crippen molar-refractivity contribution in [1.29, 1.82) is 0 Å². The van der Waals surface area contributed by atoms with Crippen LogP contribution in [0.3, 0.4) is 0 Å². The molecule has 0 aromatic heterocycles. The molecule has 1 aromatic carbocycles. The molecule has 0 spiro atoms. The van der Waals surface area contributed by atoms with Gasteiger partial charge in [-0.3, -0.25) is 9.59 Å². The Morgan fingerprint density at radius 1 is 1.15 bits per heavy atom. The number of hydrogen-bond donors (Lipinski definition) is 3. The fourth-order valence-corrected chi connectivity index (χ4v) is 2.12. The van der Waals surface area contributed by atoms with E-state index in [2.05, 4.69) is 31.4 Å². The Morgan fingerprint density at radius 3 is 2.31 bits per heavy atom. The maximum absolute atomic E-state index is 12.4. The number of carboxylic acid groups (broad SMARTS) is 1. The van der Waals surface area contributed by atoms with Gasteiger partial charge in [-0.15, -0.1) is 0 Å². The molecular formula is C19H28N2O5. The summed E-state index contributed by atoms with van der Waals surface area (Å²) in [5.74, 6) is -1.87. The minimum Gasteiger partial charge on any atom is -0.481 e. The second-order valence-corrected chi connectivity index (χ2v) is 7.38. The molecule has 7 nitrogen and oxygen atoms in total. The van der Waals surface area contributed by atoms with E-state index in [1.807, 2.05) is 0 Å². The van der Waals surface area contributed by atoms with Crippen LogP contribution >= 0.6 is 0 Å². The van der Waals surface area contributed by atoms with Gasteiger partial charge in [0.25, 0.3) is 0 Å². The molecule has 7 heteroatoms. The predicted molar refractivity (Wildman–Crippen MR) is 97.8 cm³/mol. The van der Waals surface area contributed by atoms with Gasteiger partial charge in [0.1, 0.15) is 11.8 Å². The normalized spacial score (nSPS) is 13.5. The van der Waals surface area contributed by atoms with E-state index in [0.29, 0.717) is 12.3 Å². The van der Waals surface area contributed by atoms with Crippen LogP contribution in [-0.2, 0) is 14.4 Å². The first kappa shape index (κ1) is 21.6. The quantitative estimate of drug-likeness (QED) is 0.457. The summed E-state index contributed by atoms with van der Waals surface area (Å²) < 4.78 is 5.17. The summed E-state index contributed by atoms with van der Waals surface area (Å²) in [6.07, 6.45) is 0.415. The summed E-state index contributed by atoms with van der Waals surface area (Å²) >= 11 is 0. The van der Waals surface area contributed by atoms with E-state index in [0.717, 1.165) is 6.42 Å². The zero-order valence-electron chi connectivity index (χ0n) is 15.7. The molecule has 144 valence electrons. The summed E-state index contributed by atoms with van der Waals surface area (Å²) in [6.45, 7) is 8.17. The number of carbonyl (C=O) groups is 3. The number of aliphatic carboxylic acids is 1. The first-order chi connectivity index (χ1) is 12.1. The molecule has 0 fully saturated rings. The van der Waals surface area contributed by atoms with Crippen molar-refractivity contribution in [3.63, 3.8) is 0 Å². The average Bonchev–Trinajstić information content (AvgIpc) is 2.53. The highest BCUT2D eigenvalue weighted by Crippen LogP contribution is 2.17. The zero-order chi connectivity index (χ0) is 19.7. The van der Waals surface area contributed by atoms with Crippen LogP contribution in [0.1, 0.15) is 40.5 Å². The van der Waals surface area contributed by atoms with Crippen molar-refractivity contribution in [1.82, 2.24) is 10.6 Å².